The van der Waals surface area contributed by atoms with E-state index in [1.165, 1.54) is 0 Å². The molecule has 1 aliphatic heterocycles. The zero-order chi connectivity index (χ0) is 15.9. The minimum atomic E-state index is -0.675. The average Bonchev–Trinajstić information content (AvgIpc) is 3.09. The summed E-state index contributed by atoms with van der Waals surface area (Å²) < 4.78 is 0. The lowest BCUT2D eigenvalue weighted by Crippen LogP contribution is -2.23. The lowest BCUT2D eigenvalue weighted by atomic mass is 9.91. The number of carbonyl (C=O) groups is 1. The van der Waals surface area contributed by atoms with Crippen LogP contribution in [-0.4, -0.2) is 11.5 Å². The first kappa shape index (κ1) is 14.0. The Balaban J connectivity index is 1.60. The van der Waals surface area contributed by atoms with Crippen molar-refractivity contribution >= 4 is 23.1 Å². The number of halogens is 1. The summed E-state index contributed by atoms with van der Waals surface area (Å²) in [7, 11) is 0. The molecule has 0 amide bonds. The third-order valence-electron chi connectivity index (χ3n) is 4.12. The molecule has 1 unspecified atom stereocenters. The number of carbonyl (C=O) groups excluding carboxylic acids is 1. The van der Waals surface area contributed by atoms with Gasteiger partial charge in [-0.15, -0.1) is 0 Å². The first-order chi connectivity index (χ1) is 11.2. The predicted octanol–water partition coefficient (Wildman–Crippen LogP) is 3.95. The van der Waals surface area contributed by atoms with Crippen LogP contribution < -0.4 is 0 Å². The van der Waals surface area contributed by atoms with E-state index in [-0.39, 0.29) is 5.78 Å². The van der Waals surface area contributed by atoms with Gasteiger partial charge in [0, 0.05) is 28.1 Å². The minimum absolute atomic E-state index is 0.0971. The molecular weight excluding hydrogens is 310 g/mol. The second-order valence-electron chi connectivity index (χ2n) is 5.71. The maximum absolute atomic E-state index is 12.2. The molecule has 0 saturated carbocycles. The molecule has 2 aromatic rings. The second-order valence-corrected chi connectivity index (χ2v) is 6.14. The molecule has 4 rings (SSSR count). The standard InChI is InChI=1S/C19H12ClNO2/c20-14-5-3-4-13(10-14)8-9-15-11-19(23-21-15)12-18(22)16-6-1-2-7-17(16)19/h1-7,10H,11-12H2. The van der Waals surface area contributed by atoms with Crippen LogP contribution in [0.15, 0.2) is 53.7 Å². The fraction of sp³-hybridized carbons (Fsp3) is 0.158. The Kier molecular flexibility index (Phi) is 3.21. The van der Waals surface area contributed by atoms with Crippen molar-refractivity contribution in [3.8, 4) is 11.8 Å². The lowest BCUT2D eigenvalue weighted by molar-refractivity contribution is -0.0185. The largest absolute Gasteiger partial charge is 0.383 e. The summed E-state index contributed by atoms with van der Waals surface area (Å²) in [4.78, 5) is 17.8. The van der Waals surface area contributed by atoms with E-state index in [0.29, 0.717) is 23.6 Å². The topological polar surface area (TPSA) is 38.7 Å². The monoisotopic (exact) mass is 321 g/mol. The molecule has 1 spiro atoms. The van der Waals surface area contributed by atoms with Crippen molar-refractivity contribution in [3.63, 3.8) is 0 Å². The van der Waals surface area contributed by atoms with E-state index in [4.69, 9.17) is 16.4 Å². The van der Waals surface area contributed by atoms with Crippen LogP contribution in [0.25, 0.3) is 0 Å². The van der Waals surface area contributed by atoms with Gasteiger partial charge in [0.1, 0.15) is 5.71 Å². The van der Waals surface area contributed by atoms with Crippen molar-refractivity contribution in [2.24, 2.45) is 5.16 Å². The number of hydrogen-bond donors (Lipinski definition) is 0. The third kappa shape index (κ3) is 2.42. The van der Waals surface area contributed by atoms with Gasteiger partial charge in [-0.25, -0.2) is 0 Å². The van der Waals surface area contributed by atoms with Gasteiger partial charge in [0.15, 0.2) is 11.4 Å². The van der Waals surface area contributed by atoms with Gasteiger partial charge in [-0.2, -0.15) is 0 Å². The van der Waals surface area contributed by atoms with E-state index in [2.05, 4.69) is 17.0 Å². The van der Waals surface area contributed by atoms with Gasteiger partial charge in [0.2, 0.25) is 0 Å². The molecule has 1 heterocycles. The SMILES string of the molecule is O=C1CC2(CC(C#Cc3cccc(Cl)c3)=NO2)c2ccccc21. The minimum Gasteiger partial charge on any atom is -0.383 e. The molecule has 0 saturated heterocycles. The zero-order valence-corrected chi connectivity index (χ0v) is 12.9. The number of fused-ring (bicyclic) bond motifs is 2. The lowest BCUT2D eigenvalue weighted by Gasteiger charge is -2.20. The first-order valence-electron chi connectivity index (χ1n) is 7.32. The van der Waals surface area contributed by atoms with Gasteiger partial charge in [0.25, 0.3) is 0 Å². The van der Waals surface area contributed by atoms with Crippen molar-refractivity contribution in [2.75, 3.05) is 0 Å². The highest BCUT2D eigenvalue weighted by Gasteiger charge is 2.49. The second kappa shape index (κ2) is 5.26. The molecule has 4 heteroatoms. The summed E-state index contributed by atoms with van der Waals surface area (Å²) in [5.74, 6) is 6.16. The molecule has 2 aliphatic rings. The summed E-state index contributed by atoms with van der Waals surface area (Å²) >= 11 is 5.95. The fourth-order valence-electron chi connectivity index (χ4n) is 3.07. The summed E-state index contributed by atoms with van der Waals surface area (Å²) in [6.45, 7) is 0. The molecule has 1 aliphatic carbocycles. The average molecular weight is 322 g/mol. The summed E-state index contributed by atoms with van der Waals surface area (Å²) in [6.07, 6.45) is 0.835. The third-order valence-corrected chi connectivity index (χ3v) is 4.36. The molecule has 112 valence electrons. The van der Waals surface area contributed by atoms with Crippen LogP contribution in [-0.2, 0) is 10.4 Å². The predicted molar refractivity (Wildman–Crippen MR) is 88.5 cm³/mol. The Morgan fingerprint density at radius 1 is 1.09 bits per heavy atom. The Bertz CT molecular complexity index is 907. The van der Waals surface area contributed by atoms with Crippen LogP contribution in [0.4, 0.5) is 0 Å². The molecule has 3 nitrogen and oxygen atoms in total. The van der Waals surface area contributed by atoms with E-state index in [1.807, 2.05) is 36.4 Å². The molecule has 0 aromatic heterocycles. The Morgan fingerprint density at radius 2 is 1.96 bits per heavy atom. The van der Waals surface area contributed by atoms with E-state index in [1.54, 1.807) is 12.1 Å². The quantitative estimate of drug-likeness (QED) is 0.689. The Hall–Kier alpha value is -2.57. The van der Waals surface area contributed by atoms with Gasteiger partial charge in [-0.05, 0) is 24.1 Å². The highest BCUT2D eigenvalue weighted by Crippen LogP contribution is 2.45. The van der Waals surface area contributed by atoms with Gasteiger partial charge < -0.3 is 4.84 Å². The highest BCUT2D eigenvalue weighted by atomic mass is 35.5. The van der Waals surface area contributed by atoms with Crippen molar-refractivity contribution in [1.82, 2.24) is 0 Å². The maximum atomic E-state index is 12.2. The Labute approximate surface area is 138 Å². The molecule has 0 N–H and O–H groups in total. The van der Waals surface area contributed by atoms with Crippen LogP contribution in [0.3, 0.4) is 0 Å². The van der Waals surface area contributed by atoms with Crippen molar-refractivity contribution in [2.45, 2.75) is 18.4 Å². The van der Waals surface area contributed by atoms with Gasteiger partial charge in [-0.3, -0.25) is 4.79 Å². The van der Waals surface area contributed by atoms with Gasteiger partial charge in [-0.1, -0.05) is 53.0 Å². The van der Waals surface area contributed by atoms with Crippen LogP contribution in [0.5, 0.6) is 0 Å². The molecule has 23 heavy (non-hydrogen) atoms. The first-order valence-corrected chi connectivity index (χ1v) is 7.69. The molecule has 0 fully saturated rings. The number of nitrogens with zero attached hydrogens (tertiary/aromatic N) is 1. The molecule has 1 atom stereocenters. The normalized spacial score (nSPS) is 21.4. The number of Topliss-reactive ketones (excluding diaryl/α,β-unsaturated/α-hetero) is 1. The van der Waals surface area contributed by atoms with Crippen LogP contribution >= 0.6 is 11.6 Å². The van der Waals surface area contributed by atoms with E-state index in [0.717, 1.165) is 16.7 Å². The maximum Gasteiger partial charge on any atom is 0.176 e. The van der Waals surface area contributed by atoms with E-state index < -0.39 is 5.60 Å². The molecule has 0 radical (unpaired) electrons. The number of rotatable bonds is 0. The fourth-order valence-corrected chi connectivity index (χ4v) is 3.26. The molecule has 2 aromatic carbocycles. The van der Waals surface area contributed by atoms with Crippen molar-refractivity contribution < 1.29 is 9.63 Å². The van der Waals surface area contributed by atoms with Crippen LogP contribution in [0.1, 0.15) is 34.3 Å². The zero-order valence-electron chi connectivity index (χ0n) is 12.2. The van der Waals surface area contributed by atoms with Crippen LogP contribution in [0.2, 0.25) is 5.02 Å². The molecular formula is C19H12ClNO2. The van der Waals surface area contributed by atoms with Gasteiger partial charge in [0.05, 0.1) is 6.42 Å². The van der Waals surface area contributed by atoms with Gasteiger partial charge >= 0.3 is 0 Å². The molecule has 0 bridgehead atoms. The smallest absolute Gasteiger partial charge is 0.176 e. The van der Waals surface area contributed by atoms with Crippen molar-refractivity contribution in [1.29, 1.82) is 0 Å². The number of hydrogen-bond acceptors (Lipinski definition) is 3. The number of oxime groups is 1. The number of benzene rings is 2. The van der Waals surface area contributed by atoms with Crippen LogP contribution in [0, 0.1) is 11.8 Å². The number of ketones is 1. The summed E-state index contributed by atoms with van der Waals surface area (Å²) in [5, 5.41) is 4.75. The highest BCUT2D eigenvalue weighted by molar-refractivity contribution is 6.30. The summed E-state index contributed by atoms with van der Waals surface area (Å²) in [6, 6.07) is 14.9. The Morgan fingerprint density at radius 3 is 2.83 bits per heavy atom. The van der Waals surface area contributed by atoms with Crippen molar-refractivity contribution in [3.05, 3.63) is 70.2 Å². The van der Waals surface area contributed by atoms with E-state index in [9.17, 15) is 4.79 Å². The van der Waals surface area contributed by atoms with E-state index >= 15 is 0 Å². The summed E-state index contributed by atoms with van der Waals surface area (Å²) in [5.41, 5.74) is 2.44.